The molecule has 0 aliphatic carbocycles. The summed E-state index contributed by atoms with van der Waals surface area (Å²) in [5.74, 6) is 1.25. The Labute approximate surface area is 158 Å². The molecule has 0 saturated carbocycles. The Bertz CT molecular complexity index is 1010. The van der Waals surface area contributed by atoms with E-state index in [0.717, 1.165) is 5.56 Å². The molecule has 0 unspecified atom stereocenters. The van der Waals surface area contributed by atoms with Gasteiger partial charge in [0.25, 0.3) is 5.89 Å². The van der Waals surface area contributed by atoms with Crippen molar-refractivity contribution in [2.45, 2.75) is 6.73 Å². The second-order valence-electron chi connectivity index (χ2n) is 5.35. The summed E-state index contributed by atoms with van der Waals surface area (Å²) in [6, 6.07) is 16.5. The van der Waals surface area contributed by atoms with E-state index in [1.54, 1.807) is 35.1 Å². The Morgan fingerprint density at radius 1 is 0.962 bits per heavy atom. The molecule has 0 radical (unpaired) electrons. The molecule has 2 heterocycles. The minimum atomic E-state index is 0.142. The fourth-order valence-corrected chi connectivity index (χ4v) is 2.84. The minimum absolute atomic E-state index is 0.142. The third kappa shape index (κ3) is 3.42. The van der Waals surface area contributed by atoms with Crippen molar-refractivity contribution in [3.05, 3.63) is 70.8 Å². The molecule has 0 N–H and O–H groups in total. The zero-order chi connectivity index (χ0) is 17.9. The van der Waals surface area contributed by atoms with Crippen molar-refractivity contribution in [1.29, 1.82) is 0 Å². The zero-order valence-corrected chi connectivity index (χ0v) is 14.9. The summed E-state index contributed by atoms with van der Waals surface area (Å²) in [6.45, 7) is 0.142. The number of hydrogen-bond donors (Lipinski definition) is 0. The average Bonchev–Trinajstić information content (AvgIpc) is 3.31. The molecule has 26 heavy (non-hydrogen) atoms. The highest BCUT2D eigenvalue weighted by molar-refractivity contribution is 6.37. The lowest BCUT2D eigenvalue weighted by Crippen LogP contribution is -2.06. The van der Waals surface area contributed by atoms with Crippen molar-refractivity contribution in [2.24, 2.45) is 0 Å². The number of rotatable bonds is 5. The van der Waals surface area contributed by atoms with Crippen LogP contribution in [0.15, 0.2) is 65.3 Å². The molecule has 130 valence electrons. The molecule has 0 bridgehead atoms. The fourth-order valence-electron chi connectivity index (χ4n) is 2.33. The van der Waals surface area contributed by atoms with E-state index >= 15 is 0 Å². The number of benzene rings is 2. The Balaban J connectivity index is 1.49. The highest BCUT2D eigenvalue weighted by Crippen LogP contribution is 2.32. The van der Waals surface area contributed by atoms with Crippen molar-refractivity contribution < 1.29 is 9.26 Å². The molecule has 0 spiro atoms. The van der Waals surface area contributed by atoms with Gasteiger partial charge >= 0.3 is 0 Å². The highest BCUT2D eigenvalue weighted by Gasteiger charge is 2.13. The Hall–Kier alpha value is -2.83. The van der Waals surface area contributed by atoms with E-state index in [0.29, 0.717) is 33.2 Å². The average molecular weight is 387 g/mol. The van der Waals surface area contributed by atoms with Crippen LogP contribution in [-0.4, -0.2) is 19.9 Å². The SMILES string of the molecule is Clc1cccc(Cl)c1OCn1ccc(-c2nc(-c3ccccc3)no2)n1. The van der Waals surface area contributed by atoms with Crippen LogP contribution in [0.3, 0.4) is 0 Å². The molecule has 0 fully saturated rings. The van der Waals surface area contributed by atoms with Gasteiger partial charge < -0.3 is 9.26 Å². The molecule has 0 aliphatic rings. The van der Waals surface area contributed by atoms with Crippen LogP contribution in [-0.2, 0) is 6.73 Å². The fraction of sp³-hybridized carbons (Fsp3) is 0.0556. The molecule has 8 heteroatoms. The molecular weight excluding hydrogens is 375 g/mol. The van der Waals surface area contributed by atoms with Crippen LogP contribution in [0.25, 0.3) is 23.0 Å². The van der Waals surface area contributed by atoms with Gasteiger partial charge in [-0.15, -0.1) is 0 Å². The van der Waals surface area contributed by atoms with E-state index in [1.165, 1.54) is 0 Å². The maximum absolute atomic E-state index is 6.09. The molecule has 0 aliphatic heterocycles. The van der Waals surface area contributed by atoms with E-state index < -0.39 is 0 Å². The van der Waals surface area contributed by atoms with E-state index in [2.05, 4.69) is 15.2 Å². The molecular formula is C18H12Cl2N4O2. The van der Waals surface area contributed by atoms with E-state index in [9.17, 15) is 0 Å². The first-order valence-corrected chi connectivity index (χ1v) is 8.46. The highest BCUT2D eigenvalue weighted by atomic mass is 35.5. The van der Waals surface area contributed by atoms with Gasteiger partial charge in [0, 0.05) is 11.8 Å². The Kier molecular flexibility index (Phi) is 4.60. The van der Waals surface area contributed by atoms with Crippen molar-refractivity contribution in [3.63, 3.8) is 0 Å². The van der Waals surface area contributed by atoms with Gasteiger partial charge in [-0.25, -0.2) is 4.68 Å². The van der Waals surface area contributed by atoms with Crippen LogP contribution < -0.4 is 4.74 Å². The number of aromatic nitrogens is 4. The number of ether oxygens (including phenoxy) is 1. The molecule has 0 atom stereocenters. The van der Waals surface area contributed by atoms with Crippen LogP contribution in [0.2, 0.25) is 10.0 Å². The van der Waals surface area contributed by atoms with Gasteiger partial charge in [0.1, 0.15) is 0 Å². The van der Waals surface area contributed by atoms with E-state index in [4.69, 9.17) is 32.5 Å². The third-order valence-corrected chi connectivity index (χ3v) is 4.17. The standard InChI is InChI=1S/C18H12Cl2N4O2/c19-13-7-4-8-14(20)16(13)25-11-24-10-9-15(22-24)18-21-17(23-26-18)12-5-2-1-3-6-12/h1-10H,11H2. The summed E-state index contributed by atoms with van der Waals surface area (Å²) in [5.41, 5.74) is 1.42. The summed E-state index contributed by atoms with van der Waals surface area (Å²) in [5, 5.41) is 9.24. The van der Waals surface area contributed by atoms with Crippen LogP contribution in [0.4, 0.5) is 0 Å². The van der Waals surface area contributed by atoms with Gasteiger partial charge in [-0.3, -0.25) is 0 Å². The molecule has 2 aromatic heterocycles. The normalized spacial score (nSPS) is 10.8. The monoisotopic (exact) mass is 386 g/mol. The molecule has 6 nitrogen and oxygen atoms in total. The molecule has 0 saturated heterocycles. The molecule has 2 aromatic carbocycles. The zero-order valence-electron chi connectivity index (χ0n) is 13.3. The number of nitrogens with zero attached hydrogens (tertiary/aromatic N) is 4. The van der Waals surface area contributed by atoms with Crippen molar-refractivity contribution in [3.8, 4) is 28.7 Å². The van der Waals surface area contributed by atoms with E-state index in [1.807, 2.05) is 30.3 Å². The maximum atomic E-state index is 6.09. The molecule has 4 aromatic rings. The number of halogens is 2. The van der Waals surface area contributed by atoms with E-state index in [-0.39, 0.29) is 6.73 Å². The molecule has 0 amide bonds. The lowest BCUT2D eigenvalue weighted by Gasteiger charge is -2.09. The van der Waals surface area contributed by atoms with Gasteiger partial charge in [-0.1, -0.05) is 64.8 Å². The summed E-state index contributed by atoms with van der Waals surface area (Å²) in [7, 11) is 0. The summed E-state index contributed by atoms with van der Waals surface area (Å²) in [6.07, 6.45) is 1.74. The first kappa shape index (κ1) is 16.6. The largest absolute Gasteiger partial charge is 0.468 e. The van der Waals surface area contributed by atoms with Crippen molar-refractivity contribution in [2.75, 3.05) is 0 Å². The van der Waals surface area contributed by atoms with Gasteiger partial charge in [0.05, 0.1) is 10.0 Å². The van der Waals surface area contributed by atoms with Gasteiger partial charge in [-0.05, 0) is 18.2 Å². The Morgan fingerprint density at radius 2 is 1.73 bits per heavy atom. The van der Waals surface area contributed by atoms with Crippen LogP contribution in [0, 0.1) is 0 Å². The lowest BCUT2D eigenvalue weighted by atomic mass is 10.2. The second-order valence-corrected chi connectivity index (χ2v) is 6.17. The van der Waals surface area contributed by atoms with Crippen molar-refractivity contribution >= 4 is 23.2 Å². The lowest BCUT2D eigenvalue weighted by molar-refractivity contribution is 0.221. The summed E-state index contributed by atoms with van der Waals surface area (Å²) in [4.78, 5) is 4.37. The first-order valence-electron chi connectivity index (χ1n) is 7.70. The van der Waals surface area contributed by atoms with Gasteiger partial charge in [0.2, 0.25) is 5.82 Å². The Morgan fingerprint density at radius 3 is 2.50 bits per heavy atom. The van der Waals surface area contributed by atoms with Gasteiger partial charge in [0.15, 0.2) is 18.2 Å². The maximum Gasteiger partial charge on any atom is 0.278 e. The van der Waals surface area contributed by atoms with Crippen molar-refractivity contribution in [1.82, 2.24) is 19.9 Å². The smallest absolute Gasteiger partial charge is 0.278 e. The number of para-hydroxylation sites is 1. The number of hydrogen-bond acceptors (Lipinski definition) is 5. The predicted molar refractivity (Wildman–Crippen MR) is 98.0 cm³/mol. The quantitative estimate of drug-likeness (QED) is 0.485. The second kappa shape index (κ2) is 7.19. The van der Waals surface area contributed by atoms with Crippen LogP contribution >= 0.6 is 23.2 Å². The van der Waals surface area contributed by atoms with Crippen LogP contribution in [0.1, 0.15) is 0 Å². The third-order valence-electron chi connectivity index (χ3n) is 3.58. The first-order chi connectivity index (χ1) is 12.7. The predicted octanol–water partition coefficient (Wildman–Crippen LogP) is 4.94. The topological polar surface area (TPSA) is 66.0 Å². The summed E-state index contributed by atoms with van der Waals surface area (Å²) < 4.78 is 12.5. The van der Waals surface area contributed by atoms with Crippen LogP contribution in [0.5, 0.6) is 5.75 Å². The minimum Gasteiger partial charge on any atom is -0.468 e. The summed E-state index contributed by atoms with van der Waals surface area (Å²) >= 11 is 12.2. The molecule has 4 rings (SSSR count). The van der Waals surface area contributed by atoms with Gasteiger partial charge in [-0.2, -0.15) is 10.1 Å².